The number of halogens is 3. The lowest BCUT2D eigenvalue weighted by atomic mass is 9.92. The normalized spacial score (nSPS) is 15.5. The van der Waals surface area contributed by atoms with Crippen LogP contribution in [0.4, 0.5) is 15.9 Å². The van der Waals surface area contributed by atoms with Crippen LogP contribution < -0.4 is 16.0 Å². The molecule has 0 unspecified atom stereocenters. The number of benzene rings is 1. The zero-order chi connectivity index (χ0) is 25.2. The van der Waals surface area contributed by atoms with Crippen molar-refractivity contribution < 1.29 is 4.39 Å². The summed E-state index contributed by atoms with van der Waals surface area (Å²) in [5, 5.41) is 21.6. The Balaban J connectivity index is 1.47. The average Bonchev–Trinajstić information content (AvgIpc) is 2.82. The lowest BCUT2D eigenvalue weighted by molar-refractivity contribution is 0.269. The molecule has 0 aliphatic carbocycles. The molecule has 4 rings (SSSR count). The van der Waals surface area contributed by atoms with Gasteiger partial charge >= 0.3 is 0 Å². The highest BCUT2D eigenvalue weighted by Crippen LogP contribution is 2.33. The highest BCUT2D eigenvalue weighted by Gasteiger charge is 2.39. The largest absolute Gasteiger partial charge is 0.398 e. The van der Waals surface area contributed by atoms with Crippen molar-refractivity contribution in [3.05, 3.63) is 75.2 Å². The molecule has 3 aromatic rings. The van der Waals surface area contributed by atoms with E-state index in [0.29, 0.717) is 40.0 Å². The van der Waals surface area contributed by atoms with E-state index >= 15 is 0 Å². The van der Waals surface area contributed by atoms with Gasteiger partial charge in [-0.1, -0.05) is 36.2 Å². The first-order valence-electron chi connectivity index (χ1n) is 11.4. The van der Waals surface area contributed by atoms with Crippen molar-refractivity contribution >= 4 is 40.4 Å². The third-order valence-electron chi connectivity index (χ3n) is 6.27. The van der Waals surface area contributed by atoms with E-state index in [9.17, 15) is 4.39 Å². The summed E-state index contributed by atoms with van der Waals surface area (Å²) in [4.78, 5) is 6.09. The Labute approximate surface area is 214 Å². The maximum atomic E-state index is 12.4. The van der Waals surface area contributed by atoms with Crippen molar-refractivity contribution in [3.63, 3.8) is 0 Å². The Morgan fingerprint density at radius 3 is 2.54 bits per heavy atom. The third kappa shape index (κ3) is 5.55. The fourth-order valence-electron chi connectivity index (χ4n) is 4.48. The van der Waals surface area contributed by atoms with E-state index in [1.807, 2.05) is 25.1 Å². The SMILES string of the molecule is C[C@@H](Cc1ccc(N)c(C(=N)c2ccc(N3CC(C)(NCCF)C3)nn2)c1)c1c(Cl)cncc1Cl. The van der Waals surface area contributed by atoms with Gasteiger partial charge in [0, 0.05) is 43.3 Å². The van der Waals surface area contributed by atoms with E-state index in [2.05, 4.69) is 32.3 Å². The number of aromatic nitrogens is 3. The summed E-state index contributed by atoms with van der Waals surface area (Å²) in [6, 6.07) is 9.28. The smallest absolute Gasteiger partial charge is 0.151 e. The molecular formula is C25H28Cl2FN7. The van der Waals surface area contributed by atoms with Crippen LogP contribution in [0.3, 0.4) is 0 Å². The molecule has 2 aromatic heterocycles. The number of anilines is 2. The molecule has 184 valence electrons. The van der Waals surface area contributed by atoms with Gasteiger partial charge in [0.1, 0.15) is 12.4 Å². The predicted molar refractivity (Wildman–Crippen MR) is 140 cm³/mol. The van der Waals surface area contributed by atoms with E-state index in [4.69, 9.17) is 34.3 Å². The summed E-state index contributed by atoms with van der Waals surface area (Å²) in [6.45, 7) is 5.50. The van der Waals surface area contributed by atoms with Gasteiger partial charge in [-0.2, -0.15) is 0 Å². The molecule has 1 aliphatic rings. The number of hydrogen-bond donors (Lipinski definition) is 3. The summed E-state index contributed by atoms with van der Waals surface area (Å²) in [7, 11) is 0. The van der Waals surface area contributed by atoms with Crippen LogP contribution in [0.25, 0.3) is 0 Å². The molecule has 1 aromatic carbocycles. The van der Waals surface area contributed by atoms with Crippen molar-refractivity contribution in [1.29, 1.82) is 5.41 Å². The zero-order valence-corrected chi connectivity index (χ0v) is 21.2. The summed E-state index contributed by atoms with van der Waals surface area (Å²) in [5.41, 5.74) is 9.66. The second kappa shape index (κ2) is 10.4. The molecular weight excluding hydrogens is 488 g/mol. The van der Waals surface area contributed by atoms with Crippen molar-refractivity contribution in [2.24, 2.45) is 0 Å². The number of rotatable bonds is 9. The molecule has 0 spiro atoms. The Morgan fingerprint density at radius 1 is 1.20 bits per heavy atom. The maximum Gasteiger partial charge on any atom is 0.151 e. The highest BCUT2D eigenvalue weighted by atomic mass is 35.5. The molecule has 35 heavy (non-hydrogen) atoms. The van der Waals surface area contributed by atoms with Gasteiger partial charge in [-0.15, -0.1) is 10.2 Å². The Hall–Kier alpha value is -2.81. The molecule has 0 radical (unpaired) electrons. The second-order valence-corrected chi connectivity index (χ2v) is 10.0. The van der Waals surface area contributed by atoms with Crippen LogP contribution in [-0.4, -0.2) is 52.7 Å². The van der Waals surface area contributed by atoms with Gasteiger partial charge in [0.15, 0.2) is 5.82 Å². The predicted octanol–water partition coefficient (Wildman–Crippen LogP) is 4.66. The highest BCUT2D eigenvalue weighted by molar-refractivity contribution is 6.35. The number of nitrogens with two attached hydrogens (primary N) is 1. The summed E-state index contributed by atoms with van der Waals surface area (Å²) < 4.78 is 12.4. The number of nitrogen functional groups attached to an aromatic ring is 1. The van der Waals surface area contributed by atoms with E-state index in [1.165, 1.54) is 0 Å². The Kier molecular flexibility index (Phi) is 7.54. The average molecular weight is 516 g/mol. The number of alkyl halides is 1. The topological polar surface area (TPSA) is 104 Å². The molecule has 1 atom stereocenters. The summed E-state index contributed by atoms with van der Waals surface area (Å²) in [6.07, 6.45) is 3.85. The molecule has 1 saturated heterocycles. The first-order valence-corrected chi connectivity index (χ1v) is 12.1. The van der Waals surface area contributed by atoms with Crippen LogP contribution in [0, 0.1) is 5.41 Å². The van der Waals surface area contributed by atoms with Crippen molar-refractivity contribution in [1.82, 2.24) is 20.5 Å². The van der Waals surface area contributed by atoms with Gasteiger partial charge in [0.2, 0.25) is 0 Å². The third-order valence-corrected chi connectivity index (χ3v) is 6.87. The Bertz CT molecular complexity index is 1190. The number of nitrogens with zero attached hydrogens (tertiary/aromatic N) is 4. The fourth-order valence-corrected chi connectivity index (χ4v) is 5.22. The van der Waals surface area contributed by atoms with E-state index in [-0.39, 0.29) is 23.8 Å². The molecule has 0 bridgehead atoms. The maximum absolute atomic E-state index is 12.4. The van der Waals surface area contributed by atoms with E-state index in [1.54, 1.807) is 24.5 Å². The number of hydrogen-bond acceptors (Lipinski definition) is 7. The van der Waals surface area contributed by atoms with Crippen LogP contribution in [0.15, 0.2) is 42.7 Å². The molecule has 1 aliphatic heterocycles. The molecule has 3 heterocycles. The van der Waals surface area contributed by atoms with Crippen molar-refractivity contribution in [3.8, 4) is 0 Å². The van der Waals surface area contributed by atoms with Gasteiger partial charge in [0.25, 0.3) is 0 Å². The van der Waals surface area contributed by atoms with Crippen LogP contribution in [0.5, 0.6) is 0 Å². The molecule has 4 N–H and O–H groups in total. The lowest BCUT2D eigenvalue weighted by Crippen LogP contribution is -2.68. The van der Waals surface area contributed by atoms with E-state index < -0.39 is 0 Å². The van der Waals surface area contributed by atoms with Crippen LogP contribution in [-0.2, 0) is 6.42 Å². The Morgan fingerprint density at radius 2 is 1.91 bits per heavy atom. The fraction of sp³-hybridized carbons (Fsp3) is 0.360. The minimum absolute atomic E-state index is 0.0457. The molecule has 7 nitrogen and oxygen atoms in total. The van der Waals surface area contributed by atoms with Gasteiger partial charge in [-0.05, 0) is 54.7 Å². The minimum Gasteiger partial charge on any atom is -0.398 e. The van der Waals surface area contributed by atoms with Crippen LogP contribution >= 0.6 is 23.2 Å². The van der Waals surface area contributed by atoms with Gasteiger partial charge in [0.05, 0.1) is 21.3 Å². The number of nitrogens with one attached hydrogen (secondary N) is 2. The molecule has 10 heteroatoms. The summed E-state index contributed by atoms with van der Waals surface area (Å²) in [5.74, 6) is 0.770. The standard InChI is InChI=1S/C25H28Cl2FN7/c1-15(23-18(26)11-31-12-19(23)27)9-16-3-4-20(29)17(10-16)24(30)21-5-6-22(34-33-21)35-13-25(2,14-35)32-8-7-28/h3-6,10-12,15,30,32H,7-9,13-14,29H2,1-2H3/t15-/m0/s1. The first-order chi connectivity index (χ1) is 16.7. The van der Waals surface area contributed by atoms with Gasteiger partial charge in [-0.25, -0.2) is 4.39 Å². The zero-order valence-electron chi connectivity index (χ0n) is 19.7. The van der Waals surface area contributed by atoms with Gasteiger partial charge < -0.3 is 16.0 Å². The van der Waals surface area contributed by atoms with Crippen molar-refractivity contribution in [2.75, 3.05) is 36.9 Å². The first kappa shape index (κ1) is 25.3. The van der Waals surface area contributed by atoms with E-state index in [0.717, 1.165) is 30.0 Å². The van der Waals surface area contributed by atoms with Crippen molar-refractivity contribution in [2.45, 2.75) is 31.7 Å². The summed E-state index contributed by atoms with van der Waals surface area (Å²) >= 11 is 12.7. The molecule has 0 amide bonds. The second-order valence-electron chi connectivity index (χ2n) is 9.23. The molecule has 0 saturated carbocycles. The monoisotopic (exact) mass is 515 g/mol. The number of pyridine rings is 1. The van der Waals surface area contributed by atoms with Gasteiger partial charge in [-0.3, -0.25) is 10.4 Å². The van der Waals surface area contributed by atoms with Crippen LogP contribution in [0.2, 0.25) is 10.0 Å². The lowest BCUT2D eigenvalue weighted by Gasteiger charge is -2.49. The minimum atomic E-state index is -0.388. The molecule has 1 fully saturated rings. The quantitative estimate of drug-likeness (QED) is 0.282. The van der Waals surface area contributed by atoms with Crippen LogP contribution in [0.1, 0.15) is 42.1 Å².